The van der Waals surface area contributed by atoms with Crippen molar-refractivity contribution in [1.82, 2.24) is 4.31 Å². The molecule has 1 aliphatic carbocycles. The maximum absolute atomic E-state index is 13.0. The van der Waals surface area contributed by atoms with Gasteiger partial charge in [-0.3, -0.25) is 4.79 Å². The molecule has 0 saturated heterocycles. The topological polar surface area (TPSA) is 75.7 Å². The minimum absolute atomic E-state index is 0.0434. The number of anilines is 1. The maximum atomic E-state index is 13.0. The molecule has 4 rings (SSSR count). The average Bonchev–Trinajstić information content (AvgIpc) is 3.15. The van der Waals surface area contributed by atoms with Crippen LogP contribution in [-0.4, -0.2) is 38.8 Å². The van der Waals surface area contributed by atoms with Gasteiger partial charge in [0.25, 0.3) is 5.91 Å². The predicted octanol–water partition coefficient (Wildman–Crippen LogP) is 5.77. The van der Waals surface area contributed by atoms with Crippen molar-refractivity contribution in [3.63, 3.8) is 0 Å². The molecule has 1 fully saturated rings. The highest BCUT2D eigenvalue weighted by molar-refractivity contribution is 7.89. The molecule has 3 aromatic rings. The zero-order valence-electron chi connectivity index (χ0n) is 17.9. The lowest BCUT2D eigenvalue weighted by Crippen LogP contribution is -2.38. The Morgan fingerprint density at radius 1 is 1.12 bits per heavy atom. The summed E-state index contributed by atoms with van der Waals surface area (Å²) in [7, 11) is -0.341. The highest BCUT2D eigenvalue weighted by atomic mass is 35.5. The van der Waals surface area contributed by atoms with E-state index < -0.39 is 10.0 Å². The second kappa shape index (κ2) is 9.39. The number of carbonyl (C=O) groups is 1. The van der Waals surface area contributed by atoms with Gasteiger partial charge in [-0.05, 0) is 55.3 Å². The van der Waals surface area contributed by atoms with Crippen LogP contribution in [0.5, 0.6) is 5.75 Å². The molecule has 0 spiro atoms. The molecule has 170 valence electrons. The van der Waals surface area contributed by atoms with Gasteiger partial charge in [0.15, 0.2) is 0 Å². The normalized spacial score (nSPS) is 15.2. The number of hydrogen-bond acceptors (Lipinski definition) is 5. The van der Waals surface area contributed by atoms with Crippen LogP contribution < -0.4 is 10.1 Å². The summed E-state index contributed by atoms with van der Waals surface area (Å²) in [6.07, 6.45) is 5.07. The number of thiophene rings is 1. The molecule has 2 aromatic carbocycles. The fourth-order valence-electron chi connectivity index (χ4n) is 4.02. The van der Waals surface area contributed by atoms with Gasteiger partial charge in [0.2, 0.25) is 10.0 Å². The van der Waals surface area contributed by atoms with Gasteiger partial charge in [0.1, 0.15) is 10.6 Å². The van der Waals surface area contributed by atoms with Crippen LogP contribution in [0.1, 0.15) is 41.8 Å². The molecule has 0 unspecified atom stereocenters. The molecule has 1 saturated carbocycles. The Bertz CT molecular complexity index is 1230. The lowest BCUT2D eigenvalue weighted by atomic mass is 9.96. The van der Waals surface area contributed by atoms with Crippen LogP contribution in [0, 0.1) is 0 Å². The smallest absolute Gasteiger partial charge is 0.267 e. The molecule has 0 radical (unpaired) electrons. The molecule has 9 heteroatoms. The van der Waals surface area contributed by atoms with Crippen molar-refractivity contribution < 1.29 is 17.9 Å². The lowest BCUT2D eigenvalue weighted by Gasteiger charge is -2.30. The molecule has 0 bridgehead atoms. The van der Waals surface area contributed by atoms with Gasteiger partial charge < -0.3 is 10.1 Å². The Labute approximate surface area is 197 Å². The number of rotatable bonds is 6. The first-order chi connectivity index (χ1) is 15.3. The van der Waals surface area contributed by atoms with Gasteiger partial charge in [-0.2, -0.15) is 4.31 Å². The van der Waals surface area contributed by atoms with Crippen molar-refractivity contribution in [2.45, 2.75) is 43.0 Å². The fourth-order valence-corrected chi connectivity index (χ4v) is 6.88. The molecule has 0 atom stereocenters. The third-order valence-corrected chi connectivity index (χ3v) is 9.50. The summed E-state index contributed by atoms with van der Waals surface area (Å²) in [5.41, 5.74) is 0.500. The Hall–Kier alpha value is -2.13. The number of halogens is 1. The zero-order valence-corrected chi connectivity index (χ0v) is 20.3. The predicted molar refractivity (Wildman–Crippen MR) is 130 cm³/mol. The van der Waals surface area contributed by atoms with Crippen molar-refractivity contribution in [3.8, 4) is 5.75 Å². The maximum Gasteiger partial charge on any atom is 0.267 e. The van der Waals surface area contributed by atoms with E-state index in [4.69, 9.17) is 16.3 Å². The molecule has 1 heterocycles. The van der Waals surface area contributed by atoms with E-state index in [0.29, 0.717) is 21.3 Å². The van der Waals surface area contributed by atoms with E-state index >= 15 is 0 Å². The van der Waals surface area contributed by atoms with Gasteiger partial charge in [0, 0.05) is 28.9 Å². The summed E-state index contributed by atoms with van der Waals surface area (Å²) in [5.74, 6) is 0.350. The first-order valence-electron chi connectivity index (χ1n) is 10.5. The van der Waals surface area contributed by atoms with Crippen LogP contribution in [0.25, 0.3) is 10.1 Å². The average molecular weight is 493 g/mol. The number of amides is 1. The number of ether oxygens (including phenoxy) is 1. The lowest BCUT2D eigenvalue weighted by molar-refractivity contribution is 0.103. The summed E-state index contributed by atoms with van der Waals surface area (Å²) in [6, 6.07) is 11.8. The minimum Gasteiger partial charge on any atom is -0.497 e. The monoisotopic (exact) mass is 492 g/mol. The quantitative estimate of drug-likeness (QED) is 0.474. The minimum atomic E-state index is -3.58. The molecule has 6 nitrogen and oxygen atoms in total. The number of fused-ring (bicyclic) bond motifs is 1. The van der Waals surface area contributed by atoms with Crippen LogP contribution in [0.4, 0.5) is 5.69 Å². The van der Waals surface area contributed by atoms with E-state index in [1.54, 1.807) is 32.4 Å². The van der Waals surface area contributed by atoms with E-state index in [0.717, 1.165) is 42.2 Å². The molecular formula is C23H25ClN2O4S2. The first kappa shape index (κ1) is 23.0. The number of benzene rings is 2. The zero-order chi connectivity index (χ0) is 22.9. The fraction of sp³-hybridized carbons (Fsp3) is 0.348. The molecule has 1 N–H and O–H groups in total. The Morgan fingerprint density at radius 3 is 2.47 bits per heavy atom. The standard InChI is InChI=1S/C23H25ClN2O4S2/c1-26(16-6-4-3-5-7-16)32(28,29)18-11-8-15(9-12-18)25-23(27)22-21(24)19-13-10-17(30-2)14-20(19)31-22/h8-14,16H,3-7H2,1-2H3,(H,25,27). The molecular weight excluding hydrogens is 468 g/mol. The third-order valence-electron chi connectivity index (χ3n) is 5.92. The molecule has 32 heavy (non-hydrogen) atoms. The van der Waals surface area contributed by atoms with Crippen molar-refractivity contribution in [2.24, 2.45) is 0 Å². The van der Waals surface area contributed by atoms with Crippen LogP contribution >= 0.6 is 22.9 Å². The van der Waals surface area contributed by atoms with E-state index in [1.165, 1.54) is 27.8 Å². The molecule has 1 amide bonds. The molecule has 1 aromatic heterocycles. The third kappa shape index (κ3) is 4.50. The first-order valence-corrected chi connectivity index (χ1v) is 13.1. The van der Waals surface area contributed by atoms with Gasteiger partial charge >= 0.3 is 0 Å². The Kier molecular flexibility index (Phi) is 6.76. The highest BCUT2D eigenvalue weighted by Crippen LogP contribution is 2.37. The Morgan fingerprint density at radius 2 is 1.81 bits per heavy atom. The van der Waals surface area contributed by atoms with Crippen LogP contribution in [-0.2, 0) is 10.0 Å². The van der Waals surface area contributed by atoms with Gasteiger partial charge in [0.05, 0.1) is 17.0 Å². The molecule has 0 aliphatic heterocycles. The van der Waals surface area contributed by atoms with E-state index in [2.05, 4.69) is 5.32 Å². The summed E-state index contributed by atoms with van der Waals surface area (Å²) in [6.45, 7) is 0. The van der Waals surface area contributed by atoms with E-state index in [1.807, 2.05) is 12.1 Å². The number of nitrogens with one attached hydrogen (secondary N) is 1. The second-order valence-corrected chi connectivity index (χ2v) is 11.3. The number of sulfonamides is 1. The van der Waals surface area contributed by atoms with Crippen LogP contribution in [0.3, 0.4) is 0 Å². The van der Waals surface area contributed by atoms with Crippen LogP contribution in [0.2, 0.25) is 5.02 Å². The Balaban J connectivity index is 1.50. The van der Waals surface area contributed by atoms with E-state index in [9.17, 15) is 13.2 Å². The summed E-state index contributed by atoms with van der Waals surface area (Å²) in [4.78, 5) is 13.4. The number of hydrogen-bond donors (Lipinski definition) is 1. The summed E-state index contributed by atoms with van der Waals surface area (Å²) >= 11 is 7.71. The SMILES string of the molecule is COc1ccc2c(Cl)c(C(=O)Nc3ccc(S(=O)(=O)N(C)C4CCCCC4)cc3)sc2c1. The largest absolute Gasteiger partial charge is 0.497 e. The summed E-state index contributed by atoms with van der Waals surface area (Å²) in [5, 5.41) is 3.98. The second-order valence-electron chi connectivity index (χ2n) is 7.90. The van der Waals surface area contributed by atoms with Crippen molar-refractivity contribution in [1.29, 1.82) is 0 Å². The number of methoxy groups -OCH3 is 1. The summed E-state index contributed by atoms with van der Waals surface area (Å²) < 4.78 is 33.6. The van der Waals surface area contributed by atoms with Gasteiger partial charge in [-0.15, -0.1) is 11.3 Å². The molecule has 1 aliphatic rings. The van der Waals surface area contributed by atoms with Crippen molar-refractivity contribution in [2.75, 3.05) is 19.5 Å². The van der Waals surface area contributed by atoms with Crippen molar-refractivity contribution in [3.05, 3.63) is 52.4 Å². The van der Waals surface area contributed by atoms with Crippen LogP contribution in [0.15, 0.2) is 47.4 Å². The number of carbonyl (C=O) groups excluding carboxylic acids is 1. The van der Waals surface area contributed by atoms with Gasteiger partial charge in [-0.25, -0.2) is 8.42 Å². The highest BCUT2D eigenvalue weighted by Gasteiger charge is 2.29. The number of nitrogens with zero attached hydrogens (tertiary/aromatic N) is 1. The van der Waals surface area contributed by atoms with E-state index in [-0.39, 0.29) is 16.8 Å². The van der Waals surface area contributed by atoms with Crippen molar-refractivity contribution >= 4 is 54.6 Å². The van der Waals surface area contributed by atoms with Gasteiger partial charge in [-0.1, -0.05) is 30.9 Å².